The fraction of sp³-hybridized carbons (Fsp3) is 0.190. The predicted octanol–water partition coefficient (Wildman–Crippen LogP) is 2.86. The van der Waals surface area contributed by atoms with Crippen LogP contribution in [0.25, 0.3) is 16.9 Å². The maximum atomic E-state index is 13.5. The zero-order valence-corrected chi connectivity index (χ0v) is 15.6. The Morgan fingerprint density at radius 1 is 1.07 bits per heavy atom. The third-order valence-electron chi connectivity index (χ3n) is 4.75. The van der Waals surface area contributed by atoms with Gasteiger partial charge in [0.15, 0.2) is 11.2 Å². The molecule has 7 heteroatoms. The highest BCUT2D eigenvalue weighted by atomic mass is 19.1. The topological polar surface area (TPSA) is 61.8 Å². The van der Waals surface area contributed by atoms with E-state index < -0.39 is 11.2 Å². The van der Waals surface area contributed by atoms with Crippen molar-refractivity contribution < 1.29 is 4.39 Å². The molecule has 0 bridgehead atoms. The van der Waals surface area contributed by atoms with E-state index in [0.29, 0.717) is 22.4 Å². The van der Waals surface area contributed by atoms with Gasteiger partial charge in [-0.3, -0.25) is 9.36 Å². The van der Waals surface area contributed by atoms with Crippen LogP contribution in [0.3, 0.4) is 0 Å². The Hall–Kier alpha value is -3.48. The van der Waals surface area contributed by atoms with Crippen LogP contribution < -0.4 is 11.2 Å². The lowest BCUT2D eigenvalue weighted by Gasteiger charge is -2.12. The Bertz CT molecular complexity index is 1280. The summed E-state index contributed by atoms with van der Waals surface area (Å²) in [7, 11) is 0. The van der Waals surface area contributed by atoms with Crippen LogP contribution in [-0.2, 0) is 13.1 Å². The summed E-state index contributed by atoms with van der Waals surface area (Å²) in [5.74, 6) is -0.343. The zero-order valence-electron chi connectivity index (χ0n) is 15.6. The highest BCUT2D eigenvalue weighted by Crippen LogP contribution is 2.15. The van der Waals surface area contributed by atoms with Crippen LogP contribution in [0.1, 0.15) is 18.1 Å². The Balaban J connectivity index is 1.98. The molecule has 28 heavy (non-hydrogen) atoms. The molecule has 2 heterocycles. The molecule has 0 saturated carbocycles. The van der Waals surface area contributed by atoms with Crippen molar-refractivity contribution in [3.8, 4) is 5.69 Å². The zero-order chi connectivity index (χ0) is 19.8. The average Bonchev–Trinajstić information content (AvgIpc) is 3.07. The van der Waals surface area contributed by atoms with Crippen LogP contribution >= 0.6 is 0 Å². The number of rotatable bonds is 4. The Kier molecular flexibility index (Phi) is 4.43. The van der Waals surface area contributed by atoms with Crippen molar-refractivity contribution in [3.05, 3.63) is 92.6 Å². The van der Waals surface area contributed by atoms with Crippen molar-refractivity contribution in [2.24, 2.45) is 0 Å². The van der Waals surface area contributed by atoms with E-state index in [1.54, 1.807) is 23.6 Å². The minimum absolute atomic E-state index is 0.241. The van der Waals surface area contributed by atoms with Crippen molar-refractivity contribution in [2.45, 2.75) is 26.9 Å². The highest BCUT2D eigenvalue weighted by Gasteiger charge is 2.18. The fourth-order valence-corrected chi connectivity index (χ4v) is 3.34. The van der Waals surface area contributed by atoms with Gasteiger partial charge in [-0.2, -0.15) is 0 Å². The predicted molar refractivity (Wildman–Crippen MR) is 106 cm³/mol. The number of imidazole rings is 1. The van der Waals surface area contributed by atoms with Gasteiger partial charge in [-0.1, -0.05) is 29.8 Å². The first-order valence-corrected chi connectivity index (χ1v) is 9.01. The van der Waals surface area contributed by atoms with Crippen molar-refractivity contribution in [2.75, 3.05) is 0 Å². The van der Waals surface area contributed by atoms with Gasteiger partial charge >= 0.3 is 5.69 Å². The van der Waals surface area contributed by atoms with Crippen molar-refractivity contribution in [1.82, 2.24) is 18.7 Å². The molecule has 4 rings (SSSR count). The van der Waals surface area contributed by atoms with Crippen molar-refractivity contribution in [3.63, 3.8) is 0 Å². The van der Waals surface area contributed by atoms with Crippen LogP contribution in [0.15, 0.2) is 64.4 Å². The van der Waals surface area contributed by atoms with Crippen LogP contribution in [0.2, 0.25) is 0 Å². The molecule has 0 amide bonds. The molecule has 0 spiro atoms. The molecule has 0 aliphatic heterocycles. The molecule has 0 aliphatic rings. The number of nitrogens with zero attached hydrogens (tertiary/aromatic N) is 4. The maximum absolute atomic E-state index is 13.5. The van der Waals surface area contributed by atoms with E-state index in [2.05, 4.69) is 4.98 Å². The van der Waals surface area contributed by atoms with Crippen molar-refractivity contribution in [1.29, 1.82) is 0 Å². The summed E-state index contributed by atoms with van der Waals surface area (Å²) >= 11 is 0. The Morgan fingerprint density at radius 3 is 2.50 bits per heavy atom. The standard InChI is InChI=1S/C21H19FN4O2/c1-3-25-20(27)18-19(26(21(25)28)17-9-7-14(2)8-10-17)23-13-24(18)12-15-5-4-6-16(22)11-15/h4-11,13H,3,12H2,1-2H3. The monoisotopic (exact) mass is 378 g/mol. The number of aromatic nitrogens is 4. The molecule has 0 unspecified atom stereocenters. The lowest BCUT2D eigenvalue weighted by atomic mass is 10.2. The summed E-state index contributed by atoms with van der Waals surface area (Å²) in [4.78, 5) is 30.3. The molecule has 0 N–H and O–H groups in total. The minimum Gasteiger partial charge on any atom is -0.320 e. The van der Waals surface area contributed by atoms with Crippen LogP contribution in [0.4, 0.5) is 4.39 Å². The number of fused-ring (bicyclic) bond motifs is 1. The quantitative estimate of drug-likeness (QED) is 0.549. The van der Waals surface area contributed by atoms with E-state index >= 15 is 0 Å². The first-order chi connectivity index (χ1) is 13.5. The van der Waals surface area contributed by atoms with Crippen LogP contribution in [-0.4, -0.2) is 18.7 Å². The number of benzene rings is 2. The van der Waals surface area contributed by atoms with Gasteiger partial charge in [-0.15, -0.1) is 0 Å². The number of halogens is 1. The third kappa shape index (κ3) is 2.94. The van der Waals surface area contributed by atoms with E-state index in [1.807, 2.05) is 31.2 Å². The average molecular weight is 378 g/mol. The highest BCUT2D eigenvalue weighted by molar-refractivity contribution is 5.72. The molecule has 4 aromatic rings. The van der Waals surface area contributed by atoms with Gasteiger partial charge in [0.25, 0.3) is 5.56 Å². The lowest BCUT2D eigenvalue weighted by Crippen LogP contribution is -2.39. The maximum Gasteiger partial charge on any atom is 0.337 e. The molecule has 0 atom stereocenters. The largest absolute Gasteiger partial charge is 0.337 e. The van der Waals surface area contributed by atoms with Gasteiger partial charge in [0, 0.05) is 13.1 Å². The Labute approximate surface area is 160 Å². The van der Waals surface area contributed by atoms with Gasteiger partial charge in [0.1, 0.15) is 5.82 Å². The summed E-state index contributed by atoms with van der Waals surface area (Å²) in [5.41, 5.74) is 2.17. The molecule has 2 aromatic heterocycles. The Morgan fingerprint density at radius 2 is 1.82 bits per heavy atom. The van der Waals surface area contributed by atoms with E-state index in [0.717, 1.165) is 5.56 Å². The smallest absolute Gasteiger partial charge is 0.320 e. The van der Waals surface area contributed by atoms with Gasteiger partial charge in [-0.05, 0) is 43.7 Å². The molecule has 0 radical (unpaired) electrons. The molecule has 0 aliphatic carbocycles. The summed E-state index contributed by atoms with van der Waals surface area (Å²) in [6.45, 7) is 4.23. The fourth-order valence-electron chi connectivity index (χ4n) is 3.34. The third-order valence-corrected chi connectivity index (χ3v) is 4.75. The van der Waals surface area contributed by atoms with E-state index in [9.17, 15) is 14.0 Å². The second kappa shape index (κ2) is 6.92. The first-order valence-electron chi connectivity index (χ1n) is 9.01. The van der Waals surface area contributed by atoms with E-state index in [-0.39, 0.29) is 18.9 Å². The van der Waals surface area contributed by atoms with E-state index in [4.69, 9.17) is 0 Å². The first kappa shape index (κ1) is 17.9. The molecule has 2 aromatic carbocycles. The number of aryl methyl sites for hydroxylation is 1. The molecular weight excluding hydrogens is 359 g/mol. The van der Waals surface area contributed by atoms with Crippen LogP contribution in [0.5, 0.6) is 0 Å². The molecule has 6 nitrogen and oxygen atoms in total. The minimum atomic E-state index is -0.431. The normalized spacial score (nSPS) is 11.2. The van der Waals surface area contributed by atoms with E-state index in [1.165, 1.54) is 27.6 Å². The van der Waals surface area contributed by atoms with Gasteiger partial charge < -0.3 is 4.57 Å². The number of hydrogen-bond acceptors (Lipinski definition) is 3. The van der Waals surface area contributed by atoms with Gasteiger partial charge in [0.05, 0.1) is 12.0 Å². The SMILES string of the molecule is CCn1c(=O)c2c(ncn2Cc2cccc(F)c2)n(-c2ccc(C)cc2)c1=O. The van der Waals surface area contributed by atoms with Crippen molar-refractivity contribution >= 4 is 11.2 Å². The summed E-state index contributed by atoms with van der Waals surface area (Å²) in [6.07, 6.45) is 1.51. The van der Waals surface area contributed by atoms with Crippen LogP contribution in [0, 0.1) is 12.7 Å². The summed E-state index contributed by atoms with van der Waals surface area (Å²) in [5, 5.41) is 0. The summed E-state index contributed by atoms with van der Waals surface area (Å²) in [6, 6.07) is 13.6. The molecular formula is C21H19FN4O2. The molecule has 0 saturated heterocycles. The van der Waals surface area contributed by atoms with Gasteiger partial charge in [0.2, 0.25) is 0 Å². The summed E-state index contributed by atoms with van der Waals surface area (Å²) < 4.78 is 17.8. The van der Waals surface area contributed by atoms with Gasteiger partial charge in [-0.25, -0.2) is 18.7 Å². The number of hydrogen-bond donors (Lipinski definition) is 0. The second-order valence-electron chi connectivity index (χ2n) is 6.68. The molecule has 0 fully saturated rings. The molecule has 142 valence electrons. The second-order valence-corrected chi connectivity index (χ2v) is 6.68. The lowest BCUT2D eigenvalue weighted by molar-refractivity contribution is 0.623.